The average molecular weight is 482 g/mol. The summed E-state index contributed by atoms with van der Waals surface area (Å²) in [7, 11) is 1.65. The summed E-state index contributed by atoms with van der Waals surface area (Å²) < 4.78 is 11.2. The van der Waals surface area contributed by atoms with Crippen LogP contribution in [0, 0.1) is 0 Å². The molecule has 1 N–H and O–H groups in total. The lowest BCUT2D eigenvalue weighted by Gasteiger charge is -2.27. The third kappa shape index (κ3) is 4.71. The lowest BCUT2D eigenvalue weighted by Crippen LogP contribution is -2.29. The summed E-state index contributed by atoms with van der Waals surface area (Å²) in [5.41, 5.74) is 5.30. The number of aromatic nitrogens is 2. The first kappa shape index (κ1) is 23.7. The van der Waals surface area contributed by atoms with E-state index in [0.717, 1.165) is 52.3 Å². The summed E-state index contributed by atoms with van der Waals surface area (Å²) >= 11 is 0. The Morgan fingerprint density at radius 2 is 1.64 bits per heavy atom. The number of aromatic amines is 1. The maximum absolute atomic E-state index is 13.6. The number of rotatable bonds is 10. The summed E-state index contributed by atoms with van der Waals surface area (Å²) in [5, 5.41) is 7.59. The lowest BCUT2D eigenvalue weighted by atomic mass is 9.96. The molecule has 0 saturated heterocycles. The molecule has 1 aromatic heterocycles. The molecule has 0 spiro atoms. The number of nitrogens with zero attached hydrogens (tertiary/aromatic N) is 2. The molecule has 1 unspecified atom stereocenters. The van der Waals surface area contributed by atoms with Crippen LogP contribution < -0.4 is 9.47 Å². The van der Waals surface area contributed by atoms with Crippen LogP contribution in [0.1, 0.15) is 59.4 Å². The third-order valence-corrected chi connectivity index (χ3v) is 6.64. The second-order valence-corrected chi connectivity index (χ2v) is 9.04. The molecule has 5 rings (SSSR count). The van der Waals surface area contributed by atoms with E-state index in [4.69, 9.17) is 9.47 Å². The number of carbonyl (C=O) groups is 1. The molecule has 1 amide bonds. The molecule has 36 heavy (non-hydrogen) atoms. The Morgan fingerprint density at radius 1 is 0.917 bits per heavy atom. The fourth-order valence-corrected chi connectivity index (χ4v) is 4.74. The molecule has 1 atom stereocenters. The van der Waals surface area contributed by atoms with E-state index in [1.807, 2.05) is 71.6 Å². The Labute approximate surface area is 211 Å². The summed E-state index contributed by atoms with van der Waals surface area (Å²) in [6, 6.07) is 25.7. The largest absolute Gasteiger partial charge is 0.497 e. The number of carbonyl (C=O) groups excluding carboxylic acids is 1. The zero-order valence-electron chi connectivity index (χ0n) is 20.7. The van der Waals surface area contributed by atoms with Gasteiger partial charge in [-0.05, 0) is 41.8 Å². The molecule has 184 valence electrons. The van der Waals surface area contributed by atoms with Gasteiger partial charge in [0.25, 0.3) is 5.91 Å². The van der Waals surface area contributed by atoms with Gasteiger partial charge in [0.2, 0.25) is 0 Å². The minimum absolute atomic E-state index is 0.0552. The molecule has 1 aliphatic rings. The van der Waals surface area contributed by atoms with Gasteiger partial charge in [-0.3, -0.25) is 9.89 Å². The van der Waals surface area contributed by atoms with Crippen LogP contribution in [-0.4, -0.2) is 34.7 Å². The van der Waals surface area contributed by atoms with Crippen molar-refractivity contribution < 1.29 is 14.3 Å². The number of unbranched alkanes of at least 4 members (excludes halogenated alkanes) is 2. The van der Waals surface area contributed by atoms with Gasteiger partial charge in [-0.15, -0.1) is 0 Å². The van der Waals surface area contributed by atoms with Gasteiger partial charge in [0.15, 0.2) is 0 Å². The molecule has 6 heteroatoms. The van der Waals surface area contributed by atoms with E-state index in [2.05, 4.69) is 29.3 Å². The van der Waals surface area contributed by atoms with E-state index in [1.165, 1.54) is 6.42 Å². The number of hydrogen-bond acceptors (Lipinski definition) is 4. The average Bonchev–Trinajstić information content (AvgIpc) is 3.47. The topological polar surface area (TPSA) is 67.5 Å². The minimum Gasteiger partial charge on any atom is -0.497 e. The van der Waals surface area contributed by atoms with Crippen LogP contribution in [0.15, 0.2) is 78.9 Å². The standard InChI is InChI=1S/C30H31N3O3/c1-3-4-8-19-36-25-17-13-23(14-18-25)29-26-27(22-9-6-5-7-10-22)31-32-28(26)30(34)33(29)20-21-11-15-24(35-2)16-12-21/h5-7,9-18,29H,3-4,8,19-20H2,1-2H3,(H,31,32). The molecule has 2 heterocycles. The van der Waals surface area contributed by atoms with Crippen molar-refractivity contribution in [3.8, 4) is 22.8 Å². The fourth-order valence-electron chi connectivity index (χ4n) is 4.74. The molecule has 0 radical (unpaired) electrons. The molecule has 4 aromatic rings. The third-order valence-electron chi connectivity index (χ3n) is 6.64. The number of amides is 1. The zero-order chi connectivity index (χ0) is 24.9. The van der Waals surface area contributed by atoms with Crippen LogP contribution in [0.2, 0.25) is 0 Å². The maximum atomic E-state index is 13.6. The summed E-state index contributed by atoms with van der Waals surface area (Å²) in [6.45, 7) is 3.37. The highest BCUT2D eigenvalue weighted by molar-refractivity contribution is 6.00. The Kier molecular flexibility index (Phi) is 7.03. The van der Waals surface area contributed by atoms with Crippen molar-refractivity contribution in [3.63, 3.8) is 0 Å². The monoisotopic (exact) mass is 481 g/mol. The number of fused-ring (bicyclic) bond motifs is 1. The number of nitrogens with one attached hydrogen (secondary N) is 1. The molecule has 3 aromatic carbocycles. The molecule has 0 bridgehead atoms. The summed E-state index contributed by atoms with van der Waals surface area (Å²) in [4.78, 5) is 15.5. The molecular weight excluding hydrogens is 450 g/mol. The number of hydrogen-bond donors (Lipinski definition) is 1. The van der Waals surface area contributed by atoms with Gasteiger partial charge in [-0.2, -0.15) is 5.10 Å². The van der Waals surface area contributed by atoms with E-state index < -0.39 is 0 Å². The van der Waals surface area contributed by atoms with Crippen LogP contribution in [0.5, 0.6) is 11.5 Å². The van der Waals surface area contributed by atoms with Crippen molar-refractivity contribution >= 4 is 5.91 Å². The molecule has 0 fully saturated rings. The predicted molar refractivity (Wildman–Crippen MR) is 140 cm³/mol. The van der Waals surface area contributed by atoms with Crippen molar-refractivity contribution in [2.24, 2.45) is 0 Å². The SMILES string of the molecule is CCCCCOc1ccc(C2c3c(-c4ccccc4)n[nH]c3C(=O)N2Cc2ccc(OC)cc2)cc1. The Bertz CT molecular complexity index is 1300. The van der Waals surface area contributed by atoms with Crippen molar-refractivity contribution in [1.82, 2.24) is 15.1 Å². The number of H-pyrrole nitrogens is 1. The number of ether oxygens (including phenoxy) is 2. The van der Waals surface area contributed by atoms with Crippen molar-refractivity contribution in [3.05, 3.63) is 101 Å². The van der Waals surface area contributed by atoms with Crippen LogP contribution in [0.25, 0.3) is 11.3 Å². The lowest BCUT2D eigenvalue weighted by molar-refractivity contribution is 0.0730. The van der Waals surface area contributed by atoms with Crippen LogP contribution >= 0.6 is 0 Å². The second-order valence-electron chi connectivity index (χ2n) is 9.04. The van der Waals surface area contributed by atoms with Gasteiger partial charge < -0.3 is 14.4 Å². The number of methoxy groups -OCH3 is 1. The van der Waals surface area contributed by atoms with Gasteiger partial charge in [0, 0.05) is 17.7 Å². The summed E-state index contributed by atoms with van der Waals surface area (Å²) in [6.07, 6.45) is 3.37. The first-order chi connectivity index (χ1) is 17.7. The Hall–Kier alpha value is -4.06. The van der Waals surface area contributed by atoms with E-state index >= 15 is 0 Å². The van der Waals surface area contributed by atoms with E-state index in [1.54, 1.807) is 7.11 Å². The van der Waals surface area contributed by atoms with E-state index in [9.17, 15) is 4.79 Å². The van der Waals surface area contributed by atoms with Gasteiger partial charge in [0.1, 0.15) is 17.2 Å². The molecule has 1 aliphatic heterocycles. The first-order valence-corrected chi connectivity index (χ1v) is 12.5. The fraction of sp³-hybridized carbons (Fsp3) is 0.267. The molecule has 6 nitrogen and oxygen atoms in total. The Balaban J connectivity index is 1.50. The van der Waals surface area contributed by atoms with Crippen LogP contribution in [-0.2, 0) is 6.54 Å². The van der Waals surface area contributed by atoms with Crippen molar-refractivity contribution in [2.75, 3.05) is 13.7 Å². The van der Waals surface area contributed by atoms with Gasteiger partial charge in [0.05, 0.1) is 25.5 Å². The van der Waals surface area contributed by atoms with Crippen molar-refractivity contribution in [2.45, 2.75) is 38.8 Å². The van der Waals surface area contributed by atoms with Gasteiger partial charge >= 0.3 is 0 Å². The zero-order valence-corrected chi connectivity index (χ0v) is 20.7. The highest BCUT2D eigenvalue weighted by Crippen LogP contribution is 2.43. The Morgan fingerprint density at radius 3 is 2.33 bits per heavy atom. The maximum Gasteiger partial charge on any atom is 0.273 e. The highest BCUT2D eigenvalue weighted by atomic mass is 16.5. The van der Waals surface area contributed by atoms with E-state index in [0.29, 0.717) is 18.8 Å². The second kappa shape index (κ2) is 10.7. The highest BCUT2D eigenvalue weighted by Gasteiger charge is 2.42. The van der Waals surface area contributed by atoms with Gasteiger partial charge in [-0.1, -0.05) is 74.4 Å². The molecule has 0 aliphatic carbocycles. The van der Waals surface area contributed by atoms with Crippen LogP contribution in [0.3, 0.4) is 0 Å². The molecule has 0 saturated carbocycles. The quantitative estimate of drug-likeness (QED) is 0.266. The minimum atomic E-state index is -0.266. The summed E-state index contributed by atoms with van der Waals surface area (Å²) in [5.74, 6) is 1.58. The molecular formula is C30H31N3O3. The number of benzene rings is 3. The van der Waals surface area contributed by atoms with Gasteiger partial charge in [-0.25, -0.2) is 0 Å². The smallest absolute Gasteiger partial charge is 0.273 e. The predicted octanol–water partition coefficient (Wildman–Crippen LogP) is 6.40. The van der Waals surface area contributed by atoms with Crippen molar-refractivity contribution in [1.29, 1.82) is 0 Å². The van der Waals surface area contributed by atoms with E-state index in [-0.39, 0.29) is 11.9 Å². The first-order valence-electron chi connectivity index (χ1n) is 12.5. The van der Waals surface area contributed by atoms with Crippen LogP contribution in [0.4, 0.5) is 0 Å². The normalized spacial score (nSPS) is 14.7.